The maximum absolute atomic E-state index is 13.9. The van der Waals surface area contributed by atoms with Crippen LogP contribution in [0.5, 0.6) is 0 Å². The molecule has 0 saturated heterocycles. The minimum atomic E-state index is -1.62. The number of Topliss-reactive ketones (excluding diaryl/α,β-unsaturated/α-hetero) is 1. The average Bonchev–Trinajstić information content (AvgIpc) is 2.95. The van der Waals surface area contributed by atoms with E-state index in [0.717, 1.165) is 5.57 Å². The van der Waals surface area contributed by atoms with Crippen LogP contribution >= 0.6 is 0 Å². The Balaban J connectivity index is 1.65. The fourth-order valence-electron chi connectivity index (χ4n) is 4.13. The zero-order chi connectivity index (χ0) is 20.1. The Labute approximate surface area is 154 Å². The Bertz CT molecular complexity index is 806. The van der Waals surface area contributed by atoms with Gasteiger partial charge in [0.25, 0.3) is 0 Å². The number of aliphatic hydroxyl groups excluding tert-OH is 1. The standard InChI is InChI=1S/C19H22F4N2O2/c1-8(12-11(27)6-10-13(12)19(10,2)3)24-4-5-25-18-16(22)14(20)9(7-26)15(21)17(18)23/h10,13,24-26H,4-7H2,1-3H3/b12-8+/t10-,13-/m1/s1. The Morgan fingerprint density at radius 1 is 1.11 bits per heavy atom. The highest BCUT2D eigenvalue weighted by molar-refractivity contribution is 6.01. The number of fused-ring (bicyclic) bond motifs is 1. The molecule has 8 heteroatoms. The van der Waals surface area contributed by atoms with E-state index in [0.29, 0.717) is 18.0 Å². The molecule has 2 saturated carbocycles. The molecular weight excluding hydrogens is 364 g/mol. The van der Waals surface area contributed by atoms with Gasteiger partial charge >= 0.3 is 0 Å². The number of nitrogens with one attached hydrogen (secondary N) is 2. The third-order valence-electron chi connectivity index (χ3n) is 5.80. The number of ketones is 1. The second kappa shape index (κ2) is 6.82. The normalized spacial score (nSPS) is 24.7. The van der Waals surface area contributed by atoms with Crippen LogP contribution < -0.4 is 10.6 Å². The lowest BCUT2D eigenvalue weighted by molar-refractivity contribution is -0.115. The number of rotatable bonds is 6. The van der Waals surface area contributed by atoms with E-state index in [-0.39, 0.29) is 30.2 Å². The average molecular weight is 386 g/mol. The molecule has 0 amide bonds. The van der Waals surface area contributed by atoms with Crippen molar-refractivity contribution < 1.29 is 27.5 Å². The van der Waals surface area contributed by atoms with Gasteiger partial charge in [0.2, 0.25) is 0 Å². The largest absolute Gasteiger partial charge is 0.391 e. The molecule has 3 N–H and O–H groups in total. The van der Waals surface area contributed by atoms with Crippen molar-refractivity contribution in [2.75, 3.05) is 18.4 Å². The van der Waals surface area contributed by atoms with E-state index >= 15 is 0 Å². The fraction of sp³-hybridized carbons (Fsp3) is 0.526. The SMILES string of the molecule is C/C(NCCNc1c(F)c(F)c(CO)c(F)c1F)=C1/C(=O)C[C@@H]2[C@H]1C2(C)C. The monoisotopic (exact) mass is 386 g/mol. The van der Waals surface area contributed by atoms with Crippen LogP contribution in [0, 0.1) is 40.5 Å². The quantitative estimate of drug-likeness (QED) is 0.304. The molecule has 0 spiro atoms. The number of allylic oxidation sites excluding steroid dienone is 2. The number of aliphatic hydroxyl groups is 1. The van der Waals surface area contributed by atoms with Crippen molar-refractivity contribution in [3.63, 3.8) is 0 Å². The molecule has 27 heavy (non-hydrogen) atoms. The first kappa shape index (κ1) is 19.7. The molecular formula is C19H22F4N2O2. The van der Waals surface area contributed by atoms with Crippen LogP contribution in [0.1, 0.15) is 32.8 Å². The summed E-state index contributed by atoms with van der Waals surface area (Å²) in [6.07, 6.45) is 0.538. The zero-order valence-electron chi connectivity index (χ0n) is 15.4. The molecule has 1 aromatic carbocycles. The van der Waals surface area contributed by atoms with E-state index in [1.807, 2.05) is 0 Å². The van der Waals surface area contributed by atoms with Crippen molar-refractivity contribution in [3.05, 3.63) is 40.1 Å². The lowest BCUT2D eigenvalue weighted by atomic mass is 9.95. The van der Waals surface area contributed by atoms with Crippen LogP contribution in [0.15, 0.2) is 11.3 Å². The van der Waals surface area contributed by atoms with E-state index in [2.05, 4.69) is 24.5 Å². The third kappa shape index (κ3) is 3.09. The van der Waals surface area contributed by atoms with Gasteiger partial charge in [-0.3, -0.25) is 4.79 Å². The number of halogens is 4. The highest BCUT2D eigenvalue weighted by Crippen LogP contribution is 2.68. The molecule has 2 aliphatic carbocycles. The van der Waals surface area contributed by atoms with Gasteiger partial charge in [-0.1, -0.05) is 13.8 Å². The first-order chi connectivity index (χ1) is 12.6. The molecule has 0 aromatic heterocycles. The second-order valence-corrected chi connectivity index (χ2v) is 7.69. The van der Waals surface area contributed by atoms with Gasteiger partial charge in [0, 0.05) is 30.8 Å². The van der Waals surface area contributed by atoms with Crippen LogP contribution in [-0.4, -0.2) is 24.0 Å². The van der Waals surface area contributed by atoms with Crippen molar-refractivity contribution in [3.8, 4) is 0 Å². The Kier molecular flexibility index (Phi) is 4.96. The Hall–Kier alpha value is -2.09. The van der Waals surface area contributed by atoms with Gasteiger partial charge in [-0.15, -0.1) is 0 Å². The van der Waals surface area contributed by atoms with Crippen molar-refractivity contribution >= 4 is 11.5 Å². The summed E-state index contributed by atoms with van der Waals surface area (Å²) in [5, 5.41) is 14.2. The smallest absolute Gasteiger partial charge is 0.185 e. The van der Waals surface area contributed by atoms with Crippen LogP contribution in [0.4, 0.5) is 23.2 Å². The molecule has 3 rings (SSSR count). The highest BCUT2D eigenvalue weighted by Gasteiger charge is 2.65. The molecule has 148 valence electrons. The van der Waals surface area contributed by atoms with E-state index in [1.54, 1.807) is 6.92 Å². The summed E-state index contributed by atoms with van der Waals surface area (Å²) in [6.45, 7) is 5.04. The van der Waals surface area contributed by atoms with E-state index in [4.69, 9.17) is 5.11 Å². The summed E-state index contributed by atoms with van der Waals surface area (Å²) in [7, 11) is 0. The second-order valence-electron chi connectivity index (χ2n) is 7.69. The zero-order valence-corrected chi connectivity index (χ0v) is 15.4. The number of benzene rings is 1. The van der Waals surface area contributed by atoms with Crippen LogP contribution in [0.25, 0.3) is 0 Å². The molecule has 2 atom stereocenters. The van der Waals surface area contributed by atoms with Gasteiger partial charge in [-0.25, -0.2) is 17.6 Å². The van der Waals surface area contributed by atoms with Gasteiger partial charge in [0.15, 0.2) is 29.1 Å². The minimum absolute atomic E-state index is 0.0263. The predicted octanol–water partition coefficient (Wildman–Crippen LogP) is 3.26. The van der Waals surface area contributed by atoms with Crippen LogP contribution in [0.3, 0.4) is 0 Å². The molecule has 0 radical (unpaired) electrons. The van der Waals surface area contributed by atoms with Crippen molar-refractivity contribution in [2.45, 2.75) is 33.8 Å². The summed E-state index contributed by atoms with van der Waals surface area (Å²) < 4.78 is 55.1. The molecule has 1 aromatic rings. The first-order valence-electron chi connectivity index (χ1n) is 8.80. The van der Waals surface area contributed by atoms with Crippen molar-refractivity contribution in [1.29, 1.82) is 0 Å². The number of anilines is 1. The van der Waals surface area contributed by atoms with E-state index in [1.165, 1.54) is 0 Å². The molecule has 0 aliphatic heterocycles. The summed E-state index contributed by atoms with van der Waals surface area (Å²) in [6, 6.07) is 0. The molecule has 4 nitrogen and oxygen atoms in total. The lowest BCUT2D eigenvalue weighted by Gasteiger charge is -2.16. The third-order valence-corrected chi connectivity index (χ3v) is 5.80. The lowest BCUT2D eigenvalue weighted by Crippen LogP contribution is -2.24. The molecule has 0 bridgehead atoms. The number of carbonyl (C=O) groups is 1. The van der Waals surface area contributed by atoms with E-state index < -0.39 is 41.1 Å². The maximum Gasteiger partial charge on any atom is 0.185 e. The molecule has 0 heterocycles. The minimum Gasteiger partial charge on any atom is -0.391 e. The van der Waals surface area contributed by atoms with Crippen LogP contribution in [0.2, 0.25) is 0 Å². The molecule has 2 fully saturated rings. The number of carbonyl (C=O) groups excluding carboxylic acids is 1. The summed E-state index contributed by atoms with van der Waals surface area (Å²) in [5.41, 5.74) is -0.369. The predicted molar refractivity (Wildman–Crippen MR) is 91.8 cm³/mol. The van der Waals surface area contributed by atoms with Crippen molar-refractivity contribution in [2.24, 2.45) is 17.3 Å². The fourth-order valence-corrected chi connectivity index (χ4v) is 4.13. The van der Waals surface area contributed by atoms with Gasteiger partial charge in [-0.05, 0) is 24.2 Å². The highest BCUT2D eigenvalue weighted by atomic mass is 19.2. The summed E-state index contributed by atoms with van der Waals surface area (Å²) in [5.74, 6) is -5.69. The van der Waals surface area contributed by atoms with E-state index in [9.17, 15) is 22.4 Å². The number of hydrogen-bond acceptors (Lipinski definition) is 4. The Morgan fingerprint density at radius 2 is 1.70 bits per heavy atom. The van der Waals surface area contributed by atoms with Gasteiger partial charge in [0.05, 0.1) is 12.2 Å². The molecule has 0 unspecified atom stereocenters. The van der Waals surface area contributed by atoms with Gasteiger partial charge in [0.1, 0.15) is 5.69 Å². The van der Waals surface area contributed by atoms with Gasteiger partial charge in [-0.2, -0.15) is 0 Å². The number of hydrogen-bond donors (Lipinski definition) is 3. The van der Waals surface area contributed by atoms with Gasteiger partial charge < -0.3 is 15.7 Å². The van der Waals surface area contributed by atoms with Crippen molar-refractivity contribution in [1.82, 2.24) is 5.32 Å². The molecule has 2 aliphatic rings. The maximum atomic E-state index is 13.9. The Morgan fingerprint density at radius 3 is 2.22 bits per heavy atom. The topological polar surface area (TPSA) is 61.4 Å². The van der Waals surface area contributed by atoms with Crippen LogP contribution in [-0.2, 0) is 11.4 Å². The first-order valence-corrected chi connectivity index (χ1v) is 8.80. The summed E-state index contributed by atoms with van der Waals surface area (Å²) >= 11 is 0. The summed E-state index contributed by atoms with van der Waals surface area (Å²) in [4.78, 5) is 12.1.